The highest BCUT2D eigenvalue weighted by molar-refractivity contribution is 7.26. The van der Waals surface area contributed by atoms with E-state index in [4.69, 9.17) is 19.9 Å². The van der Waals surface area contributed by atoms with Gasteiger partial charge in [0.2, 0.25) is 0 Å². The lowest BCUT2D eigenvalue weighted by atomic mass is 10.0. The predicted octanol–water partition coefficient (Wildman–Crippen LogP) is 10.6. The van der Waals surface area contributed by atoms with Crippen LogP contribution in [0.3, 0.4) is 0 Å². The summed E-state index contributed by atoms with van der Waals surface area (Å²) in [5.41, 5.74) is 7.92. The molecule has 5 heteroatoms. The third-order valence-electron chi connectivity index (χ3n) is 8.31. The lowest BCUT2D eigenvalue weighted by molar-refractivity contribution is 1.23. The molecule has 6 aromatic carbocycles. The molecule has 0 saturated heterocycles. The molecule has 0 radical (unpaired) electrons. The summed E-state index contributed by atoms with van der Waals surface area (Å²) in [6.45, 7) is 0. The molecule has 0 aliphatic rings. The number of benzene rings is 6. The van der Waals surface area contributed by atoms with Crippen molar-refractivity contribution in [3.05, 3.63) is 146 Å². The van der Waals surface area contributed by atoms with Gasteiger partial charge in [-0.25, -0.2) is 19.9 Å². The summed E-state index contributed by atoms with van der Waals surface area (Å²) in [4.78, 5) is 20.6. The lowest BCUT2D eigenvalue weighted by Crippen LogP contribution is -1.96. The van der Waals surface area contributed by atoms with E-state index >= 15 is 0 Å². The van der Waals surface area contributed by atoms with Crippen LogP contribution in [0, 0.1) is 0 Å². The van der Waals surface area contributed by atoms with Crippen molar-refractivity contribution in [1.29, 1.82) is 0 Å². The van der Waals surface area contributed by atoms with Crippen molar-refractivity contribution in [2.45, 2.75) is 0 Å². The molecule has 4 nitrogen and oxygen atoms in total. The summed E-state index contributed by atoms with van der Waals surface area (Å²) in [6.07, 6.45) is 0. The molecule has 0 fully saturated rings. The van der Waals surface area contributed by atoms with Crippen LogP contribution in [0.4, 0.5) is 0 Å². The van der Waals surface area contributed by atoms with Crippen molar-refractivity contribution in [1.82, 2.24) is 19.9 Å². The second-order valence-electron chi connectivity index (χ2n) is 11.0. The number of rotatable bonds is 4. The molecule has 45 heavy (non-hydrogen) atoms. The van der Waals surface area contributed by atoms with Gasteiger partial charge in [-0.2, -0.15) is 0 Å². The zero-order chi connectivity index (χ0) is 29.7. The fourth-order valence-electron chi connectivity index (χ4n) is 6.24. The maximum Gasteiger partial charge on any atom is 0.161 e. The van der Waals surface area contributed by atoms with E-state index in [0.717, 1.165) is 82.6 Å². The first-order chi connectivity index (χ1) is 22.3. The maximum absolute atomic E-state index is 5.21. The van der Waals surface area contributed by atoms with Crippen molar-refractivity contribution in [2.24, 2.45) is 0 Å². The van der Waals surface area contributed by atoms with Crippen LogP contribution < -0.4 is 0 Å². The molecule has 9 rings (SSSR count). The van der Waals surface area contributed by atoms with Crippen LogP contribution >= 0.6 is 11.3 Å². The van der Waals surface area contributed by atoms with Gasteiger partial charge in [0, 0.05) is 53.2 Å². The molecule has 0 aliphatic carbocycles. The zero-order valence-electron chi connectivity index (χ0n) is 24.1. The number of hydrogen-bond acceptors (Lipinski definition) is 5. The van der Waals surface area contributed by atoms with E-state index in [1.807, 2.05) is 36.4 Å². The molecule has 0 N–H and O–H groups in total. The van der Waals surface area contributed by atoms with E-state index in [1.54, 1.807) is 11.3 Å². The van der Waals surface area contributed by atoms with Crippen molar-refractivity contribution in [2.75, 3.05) is 0 Å². The van der Waals surface area contributed by atoms with E-state index in [1.165, 1.54) is 4.70 Å². The van der Waals surface area contributed by atoms with E-state index in [-0.39, 0.29) is 0 Å². The standard InChI is InChI=1S/C40H24N4S/c1-3-13-25(14-4-1)36-27-17-7-9-22-32(27)41-39(43-36)30-20-12-24-34-35(30)29-19-11-21-31(38(29)45-34)40-42-33-23-10-8-18-28(33)37(44-40)26-15-5-2-6-16-26/h1-24H. The Morgan fingerprint density at radius 3 is 1.49 bits per heavy atom. The minimum atomic E-state index is 0.719. The van der Waals surface area contributed by atoms with Gasteiger partial charge in [-0.3, -0.25) is 0 Å². The largest absolute Gasteiger partial charge is 0.228 e. The van der Waals surface area contributed by atoms with Crippen LogP contribution in [0.2, 0.25) is 0 Å². The minimum absolute atomic E-state index is 0.719. The van der Waals surface area contributed by atoms with Gasteiger partial charge >= 0.3 is 0 Å². The SMILES string of the molecule is c1ccc(-c2nc(-c3cccc4c3sc3cccc(-c5nc(-c6ccccc6)c6ccccc6n5)c34)nc3ccccc23)cc1. The summed E-state index contributed by atoms with van der Waals surface area (Å²) < 4.78 is 2.33. The number of nitrogens with zero attached hydrogens (tertiary/aromatic N) is 4. The second-order valence-corrected chi connectivity index (χ2v) is 12.1. The van der Waals surface area contributed by atoms with Crippen molar-refractivity contribution >= 4 is 53.3 Å². The summed E-state index contributed by atoms with van der Waals surface area (Å²) in [7, 11) is 0. The number of hydrogen-bond donors (Lipinski definition) is 0. The molecule has 0 aliphatic heterocycles. The smallest absolute Gasteiger partial charge is 0.161 e. The molecule has 3 aromatic heterocycles. The summed E-state index contributed by atoms with van der Waals surface area (Å²) in [6, 6.07) is 50.1. The molecule has 9 aromatic rings. The number of fused-ring (bicyclic) bond motifs is 5. The van der Waals surface area contributed by atoms with Crippen LogP contribution in [-0.4, -0.2) is 19.9 Å². The molecule has 0 bridgehead atoms. The summed E-state index contributed by atoms with van der Waals surface area (Å²) in [5.74, 6) is 1.44. The summed E-state index contributed by atoms with van der Waals surface area (Å²) >= 11 is 1.77. The first-order valence-electron chi connectivity index (χ1n) is 14.9. The van der Waals surface area contributed by atoms with Crippen LogP contribution in [0.15, 0.2) is 146 Å². The van der Waals surface area contributed by atoms with Crippen molar-refractivity contribution in [3.63, 3.8) is 0 Å². The van der Waals surface area contributed by atoms with E-state index in [0.29, 0.717) is 0 Å². The quantitative estimate of drug-likeness (QED) is 0.204. The van der Waals surface area contributed by atoms with Gasteiger partial charge in [-0.1, -0.05) is 121 Å². The Morgan fingerprint density at radius 2 is 0.867 bits per heavy atom. The molecular formula is C40H24N4S. The van der Waals surface area contributed by atoms with Crippen LogP contribution in [0.1, 0.15) is 0 Å². The fraction of sp³-hybridized carbons (Fsp3) is 0. The molecule has 0 saturated carbocycles. The first-order valence-corrected chi connectivity index (χ1v) is 15.7. The monoisotopic (exact) mass is 592 g/mol. The van der Waals surface area contributed by atoms with E-state index in [9.17, 15) is 0 Å². The zero-order valence-corrected chi connectivity index (χ0v) is 24.9. The molecule has 0 amide bonds. The van der Waals surface area contributed by atoms with Crippen LogP contribution in [-0.2, 0) is 0 Å². The highest BCUT2D eigenvalue weighted by Crippen LogP contribution is 2.44. The third kappa shape index (κ3) is 4.28. The topological polar surface area (TPSA) is 51.6 Å². The molecular weight excluding hydrogens is 569 g/mol. The van der Waals surface area contributed by atoms with Gasteiger partial charge in [0.15, 0.2) is 11.6 Å². The summed E-state index contributed by atoms with van der Waals surface area (Å²) in [5, 5.41) is 4.39. The molecule has 210 valence electrons. The Bertz CT molecular complexity index is 2540. The molecule has 0 spiro atoms. The Hall–Kier alpha value is -5.78. The first kappa shape index (κ1) is 25.7. The molecule has 3 heterocycles. The highest BCUT2D eigenvalue weighted by Gasteiger charge is 2.19. The predicted molar refractivity (Wildman–Crippen MR) is 187 cm³/mol. The van der Waals surface area contributed by atoms with Gasteiger partial charge in [0.25, 0.3) is 0 Å². The third-order valence-corrected chi connectivity index (χ3v) is 9.51. The number of aromatic nitrogens is 4. The lowest BCUT2D eigenvalue weighted by Gasteiger charge is -2.11. The second kappa shape index (κ2) is 10.4. The Morgan fingerprint density at radius 1 is 0.378 bits per heavy atom. The average Bonchev–Trinajstić information content (AvgIpc) is 3.51. The van der Waals surface area contributed by atoms with Crippen LogP contribution in [0.25, 0.3) is 87.3 Å². The van der Waals surface area contributed by atoms with E-state index in [2.05, 4.69) is 109 Å². The number of para-hydroxylation sites is 2. The van der Waals surface area contributed by atoms with Gasteiger partial charge in [-0.05, 0) is 24.3 Å². The number of thiophene rings is 1. The Balaban J connectivity index is 1.29. The molecule has 0 atom stereocenters. The van der Waals surface area contributed by atoms with Crippen LogP contribution in [0.5, 0.6) is 0 Å². The highest BCUT2D eigenvalue weighted by atomic mass is 32.1. The Labute approximate surface area is 263 Å². The average molecular weight is 593 g/mol. The van der Waals surface area contributed by atoms with Gasteiger partial charge in [-0.15, -0.1) is 11.3 Å². The van der Waals surface area contributed by atoms with Gasteiger partial charge < -0.3 is 0 Å². The van der Waals surface area contributed by atoms with Gasteiger partial charge in [0.1, 0.15) is 0 Å². The van der Waals surface area contributed by atoms with Crippen molar-refractivity contribution in [3.8, 4) is 45.3 Å². The van der Waals surface area contributed by atoms with E-state index < -0.39 is 0 Å². The normalized spacial score (nSPS) is 11.6. The fourth-order valence-corrected chi connectivity index (χ4v) is 7.47. The maximum atomic E-state index is 5.21. The minimum Gasteiger partial charge on any atom is -0.228 e. The Kier molecular flexibility index (Phi) is 5.96. The van der Waals surface area contributed by atoms with Gasteiger partial charge in [0.05, 0.1) is 22.4 Å². The van der Waals surface area contributed by atoms with Crippen molar-refractivity contribution < 1.29 is 0 Å². The molecule has 0 unspecified atom stereocenters.